The van der Waals surface area contributed by atoms with Gasteiger partial charge in [0.1, 0.15) is 12.0 Å². The summed E-state index contributed by atoms with van der Waals surface area (Å²) in [6.07, 6.45) is 1.55. The molecule has 1 saturated heterocycles. The van der Waals surface area contributed by atoms with Crippen molar-refractivity contribution in [3.8, 4) is 0 Å². The molecule has 1 aromatic heterocycles. The Morgan fingerprint density at radius 3 is 2.48 bits per heavy atom. The van der Waals surface area contributed by atoms with Crippen LogP contribution in [0.5, 0.6) is 0 Å². The van der Waals surface area contributed by atoms with E-state index in [1.54, 1.807) is 6.33 Å². The van der Waals surface area contributed by atoms with E-state index < -0.39 is 0 Å². The van der Waals surface area contributed by atoms with Crippen molar-refractivity contribution in [3.63, 3.8) is 0 Å². The van der Waals surface area contributed by atoms with E-state index in [-0.39, 0.29) is 0 Å². The van der Waals surface area contributed by atoms with Gasteiger partial charge < -0.3 is 20.9 Å². The SMILES string of the molecule is CCN1CCN(c2ncnc(Nc3ccc(Cl)cc3)c2N)CC1. The Hall–Kier alpha value is -2.05. The fraction of sp³-hybridized carbons (Fsp3) is 0.375. The second kappa shape index (κ2) is 7.02. The summed E-state index contributed by atoms with van der Waals surface area (Å²) in [6.45, 7) is 7.17. The number of hydrogen-bond acceptors (Lipinski definition) is 6. The third-order valence-electron chi connectivity index (χ3n) is 4.09. The average Bonchev–Trinajstić information content (AvgIpc) is 2.59. The van der Waals surface area contributed by atoms with Gasteiger partial charge in [0.25, 0.3) is 0 Å². The standard InChI is InChI=1S/C16H21ClN6/c1-2-22-7-9-23(10-8-22)16-14(18)15(19-11-20-16)21-13-5-3-12(17)4-6-13/h3-6,11H,2,7-10,18H2,1H3,(H,19,20,21). The third kappa shape index (κ3) is 3.65. The molecule has 0 bridgehead atoms. The summed E-state index contributed by atoms with van der Waals surface area (Å²) in [7, 11) is 0. The maximum absolute atomic E-state index is 6.29. The minimum atomic E-state index is 0.576. The van der Waals surface area contributed by atoms with E-state index in [1.807, 2.05) is 24.3 Å². The van der Waals surface area contributed by atoms with E-state index in [2.05, 4.69) is 32.0 Å². The first-order valence-corrected chi connectivity index (χ1v) is 8.15. The van der Waals surface area contributed by atoms with Gasteiger partial charge in [-0.15, -0.1) is 0 Å². The van der Waals surface area contributed by atoms with E-state index in [4.69, 9.17) is 17.3 Å². The monoisotopic (exact) mass is 332 g/mol. The van der Waals surface area contributed by atoms with Gasteiger partial charge in [-0.05, 0) is 30.8 Å². The van der Waals surface area contributed by atoms with Crippen LogP contribution in [-0.2, 0) is 0 Å². The number of nitrogen functional groups attached to an aromatic ring is 1. The van der Waals surface area contributed by atoms with Crippen LogP contribution in [-0.4, -0.2) is 47.6 Å². The number of aromatic nitrogens is 2. The van der Waals surface area contributed by atoms with Crippen LogP contribution in [0, 0.1) is 0 Å². The zero-order valence-electron chi connectivity index (χ0n) is 13.2. The highest BCUT2D eigenvalue weighted by Crippen LogP contribution is 2.29. The van der Waals surface area contributed by atoms with E-state index in [0.717, 1.165) is 44.2 Å². The van der Waals surface area contributed by atoms with Gasteiger partial charge in [-0.3, -0.25) is 0 Å². The Morgan fingerprint density at radius 1 is 1.13 bits per heavy atom. The molecule has 0 amide bonds. The number of hydrogen-bond donors (Lipinski definition) is 2. The molecule has 2 aromatic rings. The topological polar surface area (TPSA) is 70.3 Å². The Labute approximate surface area is 141 Å². The number of likely N-dealkylation sites (N-methyl/N-ethyl adjacent to an activating group) is 1. The zero-order chi connectivity index (χ0) is 16.2. The highest BCUT2D eigenvalue weighted by Gasteiger charge is 2.20. The molecule has 6 nitrogen and oxygen atoms in total. The van der Waals surface area contributed by atoms with Crippen LogP contribution in [0.4, 0.5) is 23.0 Å². The molecule has 0 aliphatic carbocycles. The normalized spacial score (nSPS) is 15.7. The number of nitrogens with two attached hydrogens (primary N) is 1. The van der Waals surface area contributed by atoms with Gasteiger partial charge in [-0.2, -0.15) is 0 Å². The minimum Gasteiger partial charge on any atom is -0.393 e. The van der Waals surface area contributed by atoms with Gasteiger partial charge >= 0.3 is 0 Å². The summed E-state index contributed by atoms with van der Waals surface area (Å²) < 4.78 is 0. The van der Waals surface area contributed by atoms with Crippen molar-refractivity contribution in [1.82, 2.24) is 14.9 Å². The molecule has 1 aliphatic heterocycles. The summed E-state index contributed by atoms with van der Waals surface area (Å²) >= 11 is 5.91. The lowest BCUT2D eigenvalue weighted by atomic mass is 10.3. The highest BCUT2D eigenvalue weighted by molar-refractivity contribution is 6.30. The summed E-state index contributed by atoms with van der Waals surface area (Å²) in [4.78, 5) is 13.3. The van der Waals surface area contributed by atoms with Gasteiger partial charge in [0, 0.05) is 36.9 Å². The number of halogens is 1. The molecule has 0 saturated carbocycles. The predicted octanol–water partition coefficient (Wildman–Crippen LogP) is 2.60. The van der Waals surface area contributed by atoms with Crippen LogP contribution in [0.1, 0.15) is 6.92 Å². The highest BCUT2D eigenvalue weighted by atomic mass is 35.5. The first kappa shape index (κ1) is 15.8. The summed E-state index contributed by atoms with van der Waals surface area (Å²) in [5.74, 6) is 1.42. The van der Waals surface area contributed by atoms with E-state index >= 15 is 0 Å². The van der Waals surface area contributed by atoms with Crippen molar-refractivity contribution < 1.29 is 0 Å². The predicted molar refractivity (Wildman–Crippen MR) is 95.5 cm³/mol. The molecular weight excluding hydrogens is 312 g/mol. The Bertz CT molecular complexity index is 652. The van der Waals surface area contributed by atoms with Crippen LogP contribution < -0.4 is 16.0 Å². The lowest BCUT2D eigenvalue weighted by molar-refractivity contribution is 0.270. The molecular formula is C16H21ClN6. The van der Waals surface area contributed by atoms with Crippen molar-refractivity contribution in [2.45, 2.75) is 6.92 Å². The smallest absolute Gasteiger partial charge is 0.159 e. The van der Waals surface area contributed by atoms with E-state index in [1.165, 1.54) is 0 Å². The molecule has 0 spiro atoms. The Morgan fingerprint density at radius 2 is 1.83 bits per heavy atom. The van der Waals surface area contributed by atoms with Crippen molar-refractivity contribution in [1.29, 1.82) is 0 Å². The van der Waals surface area contributed by atoms with Crippen LogP contribution in [0.15, 0.2) is 30.6 Å². The maximum atomic E-state index is 6.29. The molecule has 2 heterocycles. The Kier molecular flexibility index (Phi) is 4.83. The van der Waals surface area contributed by atoms with Crippen molar-refractivity contribution in [3.05, 3.63) is 35.6 Å². The number of anilines is 4. The van der Waals surface area contributed by atoms with Gasteiger partial charge in [0.15, 0.2) is 11.6 Å². The summed E-state index contributed by atoms with van der Waals surface area (Å²) in [6, 6.07) is 7.44. The van der Waals surface area contributed by atoms with Gasteiger partial charge in [-0.25, -0.2) is 9.97 Å². The molecule has 1 fully saturated rings. The van der Waals surface area contributed by atoms with Crippen LogP contribution in [0.25, 0.3) is 0 Å². The third-order valence-corrected chi connectivity index (χ3v) is 4.34. The lowest BCUT2D eigenvalue weighted by Gasteiger charge is -2.35. The molecule has 7 heteroatoms. The zero-order valence-corrected chi connectivity index (χ0v) is 13.9. The molecule has 3 rings (SSSR count). The van der Waals surface area contributed by atoms with Gasteiger partial charge in [0.2, 0.25) is 0 Å². The van der Waals surface area contributed by atoms with Gasteiger partial charge in [0.05, 0.1) is 0 Å². The molecule has 0 radical (unpaired) electrons. The van der Waals surface area contributed by atoms with Crippen LogP contribution in [0.3, 0.4) is 0 Å². The molecule has 23 heavy (non-hydrogen) atoms. The van der Waals surface area contributed by atoms with Crippen molar-refractivity contribution in [2.75, 3.05) is 48.7 Å². The van der Waals surface area contributed by atoms with E-state index in [9.17, 15) is 0 Å². The molecule has 1 aromatic carbocycles. The molecule has 0 atom stereocenters. The number of rotatable bonds is 4. The first-order valence-electron chi connectivity index (χ1n) is 7.77. The minimum absolute atomic E-state index is 0.576. The van der Waals surface area contributed by atoms with Gasteiger partial charge in [-0.1, -0.05) is 18.5 Å². The molecule has 1 aliphatic rings. The lowest BCUT2D eigenvalue weighted by Crippen LogP contribution is -2.46. The second-order valence-electron chi connectivity index (χ2n) is 5.51. The number of piperazine rings is 1. The van der Waals surface area contributed by atoms with Crippen molar-refractivity contribution in [2.24, 2.45) is 0 Å². The van der Waals surface area contributed by atoms with Crippen LogP contribution >= 0.6 is 11.6 Å². The Balaban J connectivity index is 1.77. The fourth-order valence-electron chi connectivity index (χ4n) is 2.68. The fourth-order valence-corrected chi connectivity index (χ4v) is 2.81. The number of nitrogens with zero attached hydrogens (tertiary/aromatic N) is 4. The average molecular weight is 333 g/mol. The molecule has 0 unspecified atom stereocenters. The molecule has 122 valence electrons. The summed E-state index contributed by atoms with van der Waals surface area (Å²) in [5.41, 5.74) is 7.76. The maximum Gasteiger partial charge on any atom is 0.159 e. The first-order chi connectivity index (χ1) is 11.2. The quantitative estimate of drug-likeness (QED) is 0.896. The number of nitrogens with one attached hydrogen (secondary N) is 1. The largest absolute Gasteiger partial charge is 0.393 e. The number of benzene rings is 1. The summed E-state index contributed by atoms with van der Waals surface area (Å²) in [5, 5.41) is 3.92. The molecule has 3 N–H and O–H groups in total. The van der Waals surface area contributed by atoms with E-state index in [0.29, 0.717) is 16.5 Å². The van der Waals surface area contributed by atoms with Crippen molar-refractivity contribution >= 4 is 34.6 Å². The van der Waals surface area contributed by atoms with Crippen LogP contribution in [0.2, 0.25) is 5.02 Å². The second-order valence-corrected chi connectivity index (χ2v) is 5.95.